The number of rotatable bonds is 3. The fourth-order valence-corrected chi connectivity index (χ4v) is 3.74. The highest BCUT2D eigenvalue weighted by molar-refractivity contribution is 7.28. The van der Waals surface area contributed by atoms with Crippen molar-refractivity contribution in [2.24, 2.45) is 0 Å². The normalized spacial score (nSPS) is 10.6. The quantitative estimate of drug-likeness (QED) is 0.332. The van der Waals surface area contributed by atoms with Crippen LogP contribution in [0.4, 0.5) is 0 Å². The molecule has 3 aromatic rings. The third-order valence-corrected chi connectivity index (χ3v) is 6.43. The Kier molecular flexibility index (Phi) is 11.6. The van der Waals surface area contributed by atoms with E-state index in [9.17, 15) is 15.3 Å². The van der Waals surface area contributed by atoms with Gasteiger partial charge in [0.1, 0.15) is 17.2 Å². The van der Waals surface area contributed by atoms with E-state index >= 15 is 0 Å². The van der Waals surface area contributed by atoms with E-state index in [4.69, 9.17) is 0 Å². The Morgan fingerprint density at radius 2 is 0.912 bits per heavy atom. The van der Waals surface area contributed by atoms with E-state index in [1.165, 1.54) is 0 Å². The summed E-state index contributed by atoms with van der Waals surface area (Å²) < 4.78 is 0. The highest BCUT2D eigenvalue weighted by atomic mass is 31.0. The van der Waals surface area contributed by atoms with Gasteiger partial charge >= 0.3 is 0 Å². The van der Waals surface area contributed by atoms with Crippen molar-refractivity contribution in [3.8, 4) is 17.2 Å². The lowest BCUT2D eigenvalue weighted by Gasteiger charge is -2.11. The summed E-state index contributed by atoms with van der Waals surface area (Å²) in [6.45, 7) is 18.4. The van der Waals surface area contributed by atoms with Crippen molar-refractivity contribution in [1.82, 2.24) is 0 Å². The Labute approximate surface area is 209 Å². The summed E-state index contributed by atoms with van der Waals surface area (Å²) in [6.07, 6.45) is 0. The predicted molar refractivity (Wildman–Crippen MR) is 150 cm³/mol. The van der Waals surface area contributed by atoms with Gasteiger partial charge in [-0.3, -0.25) is 0 Å². The molecule has 0 bridgehead atoms. The SMILES string of the molecule is Cc1ccc(C(C)C)c(O)c1.Cc1ccc(C(C)C)c(O)c1.Cc1ccc(C(C)C)c(O)c1P. The zero-order chi connectivity index (χ0) is 26.2. The van der Waals surface area contributed by atoms with Crippen molar-refractivity contribution in [3.63, 3.8) is 0 Å². The third kappa shape index (κ3) is 8.69. The minimum atomic E-state index is 0.380. The van der Waals surface area contributed by atoms with Gasteiger partial charge in [-0.25, -0.2) is 0 Å². The van der Waals surface area contributed by atoms with Crippen LogP contribution in [0.25, 0.3) is 0 Å². The number of aromatic hydroxyl groups is 3. The van der Waals surface area contributed by atoms with Gasteiger partial charge in [-0.05, 0) is 84.0 Å². The molecule has 3 rings (SSSR count). The lowest BCUT2D eigenvalue weighted by molar-refractivity contribution is 0.464. The number of phenolic OH excluding ortho intramolecular Hbond substituents is 3. The Morgan fingerprint density at radius 1 is 0.559 bits per heavy atom. The summed E-state index contributed by atoms with van der Waals surface area (Å²) in [5.74, 6) is 2.44. The van der Waals surface area contributed by atoms with Crippen LogP contribution in [-0.2, 0) is 0 Å². The fraction of sp³-hybridized carbons (Fsp3) is 0.400. The van der Waals surface area contributed by atoms with Crippen LogP contribution in [0.15, 0.2) is 48.5 Å². The smallest absolute Gasteiger partial charge is 0.126 e. The van der Waals surface area contributed by atoms with E-state index in [1.54, 1.807) is 12.1 Å². The van der Waals surface area contributed by atoms with Gasteiger partial charge in [0.05, 0.1) is 0 Å². The zero-order valence-electron chi connectivity index (χ0n) is 22.3. The molecular weight excluding hydrogens is 439 g/mol. The standard InChI is InChI=1S/C10H15OP.2C10H14O/c1-6(2)8-5-4-7(3)10(12)9(8)11;2*1-7(2)9-5-4-8(3)6-10(9)11/h4-6,11H,12H2,1-3H3;2*4-7,11H,1-3H3. The summed E-state index contributed by atoms with van der Waals surface area (Å²) in [4.78, 5) is 0. The molecule has 4 heteroatoms. The number of hydrogen-bond acceptors (Lipinski definition) is 3. The molecule has 34 heavy (non-hydrogen) atoms. The van der Waals surface area contributed by atoms with Gasteiger partial charge in [0.2, 0.25) is 0 Å². The lowest BCUT2D eigenvalue weighted by Crippen LogP contribution is -2.02. The molecule has 1 atom stereocenters. The molecule has 0 amide bonds. The second kappa shape index (κ2) is 13.4. The van der Waals surface area contributed by atoms with Gasteiger partial charge in [0.25, 0.3) is 0 Å². The van der Waals surface area contributed by atoms with E-state index in [2.05, 4.69) is 50.8 Å². The minimum Gasteiger partial charge on any atom is -0.508 e. The number of hydrogen-bond donors (Lipinski definition) is 3. The van der Waals surface area contributed by atoms with E-state index in [0.717, 1.165) is 38.7 Å². The highest BCUT2D eigenvalue weighted by Crippen LogP contribution is 2.27. The molecule has 186 valence electrons. The highest BCUT2D eigenvalue weighted by Gasteiger charge is 2.09. The molecule has 3 N–H and O–H groups in total. The summed E-state index contributed by atoms with van der Waals surface area (Å²) in [7, 11) is 2.57. The first-order valence-electron chi connectivity index (χ1n) is 11.9. The van der Waals surface area contributed by atoms with Crippen LogP contribution in [0.5, 0.6) is 17.2 Å². The van der Waals surface area contributed by atoms with Crippen molar-refractivity contribution < 1.29 is 15.3 Å². The van der Waals surface area contributed by atoms with Crippen LogP contribution in [0.1, 0.15) is 92.7 Å². The van der Waals surface area contributed by atoms with Crippen molar-refractivity contribution in [2.75, 3.05) is 0 Å². The first-order chi connectivity index (χ1) is 15.8. The fourth-order valence-electron chi connectivity index (χ4n) is 3.48. The van der Waals surface area contributed by atoms with Gasteiger partial charge in [-0.15, -0.1) is 9.24 Å². The van der Waals surface area contributed by atoms with Gasteiger partial charge in [-0.1, -0.05) is 77.9 Å². The van der Waals surface area contributed by atoms with Crippen LogP contribution in [0.2, 0.25) is 0 Å². The minimum absolute atomic E-state index is 0.380. The first kappa shape index (κ1) is 29.5. The maximum absolute atomic E-state index is 9.73. The zero-order valence-corrected chi connectivity index (χ0v) is 23.4. The molecule has 3 aromatic carbocycles. The molecule has 0 radical (unpaired) electrons. The molecule has 0 saturated heterocycles. The largest absolute Gasteiger partial charge is 0.508 e. The Bertz CT molecular complexity index is 1010. The summed E-state index contributed by atoms with van der Waals surface area (Å²) in [5, 5.41) is 29.6. The average molecular weight is 483 g/mol. The first-order valence-corrected chi connectivity index (χ1v) is 12.5. The van der Waals surface area contributed by atoms with Crippen molar-refractivity contribution in [2.45, 2.75) is 80.1 Å². The molecule has 0 spiro atoms. The van der Waals surface area contributed by atoms with Crippen LogP contribution in [0, 0.1) is 20.8 Å². The van der Waals surface area contributed by atoms with Crippen LogP contribution >= 0.6 is 9.24 Å². The van der Waals surface area contributed by atoms with Crippen molar-refractivity contribution >= 4 is 14.5 Å². The Hall–Kier alpha value is -2.51. The average Bonchev–Trinajstić information content (AvgIpc) is 2.72. The molecule has 0 aliphatic carbocycles. The number of phenols is 3. The molecule has 3 nitrogen and oxygen atoms in total. The maximum atomic E-state index is 9.73. The van der Waals surface area contributed by atoms with Crippen LogP contribution in [0.3, 0.4) is 0 Å². The molecule has 0 aromatic heterocycles. The maximum Gasteiger partial charge on any atom is 0.126 e. The second-order valence-electron chi connectivity index (χ2n) is 9.82. The number of benzene rings is 3. The molecule has 0 fully saturated rings. The summed E-state index contributed by atoms with van der Waals surface area (Å²) >= 11 is 0. The third-order valence-electron chi connectivity index (χ3n) is 5.70. The summed E-state index contributed by atoms with van der Waals surface area (Å²) in [6, 6.07) is 15.6. The van der Waals surface area contributed by atoms with Crippen molar-refractivity contribution in [3.05, 3.63) is 81.9 Å². The van der Waals surface area contributed by atoms with Crippen LogP contribution in [-0.4, -0.2) is 15.3 Å². The van der Waals surface area contributed by atoms with Crippen molar-refractivity contribution in [1.29, 1.82) is 0 Å². The van der Waals surface area contributed by atoms with Gasteiger partial charge in [0, 0.05) is 5.30 Å². The molecular formula is C30H43O3P. The van der Waals surface area contributed by atoms with E-state index in [1.807, 2.05) is 57.2 Å². The van der Waals surface area contributed by atoms with E-state index in [-0.39, 0.29) is 0 Å². The topological polar surface area (TPSA) is 60.7 Å². The number of aryl methyl sites for hydroxylation is 3. The van der Waals surface area contributed by atoms with Gasteiger partial charge in [-0.2, -0.15) is 0 Å². The predicted octanol–water partition coefficient (Wildman–Crippen LogP) is 7.97. The lowest BCUT2D eigenvalue weighted by atomic mass is 10.0. The molecule has 1 unspecified atom stereocenters. The van der Waals surface area contributed by atoms with Crippen LogP contribution < -0.4 is 5.30 Å². The van der Waals surface area contributed by atoms with Gasteiger partial charge in [0.15, 0.2) is 0 Å². The molecule has 0 aliphatic heterocycles. The monoisotopic (exact) mass is 482 g/mol. The second-order valence-corrected chi connectivity index (χ2v) is 10.4. The Balaban J connectivity index is 0.000000255. The molecule has 0 aliphatic rings. The van der Waals surface area contributed by atoms with E-state index in [0.29, 0.717) is 35.0 Å². The molecule has 0 heterocycles. The van der Waals surface area contributed by atoms with E-state index < -0.39 is 0 Å². The molecule has 0 saturated carbocycles. The Morgan fingerprint density at radius 3 is 1.24 bits per heavy atom. The summed E-state index contributed by atoms with van der Waals surface area (Å²) in [5.41, 5.74) is 6.39. The van der Waals surface area contributed by atoms with Gasteiger partial charge < -0.3 is 15.3 Å².